The summed E-state index contributed by atoms with van der Waals surface area (Å²) in [6, 6.07) is 7.63. The third kappa shape index (κ3) is 3.71. The first-order chi connectivity index (χ1) is 13.3. The van der Waals surface area contributed by atoms with Gasteiger partial charge in [0.05, 0.1) is 5.39 Å². The van der Waals surface area contributed by atoms with Crippen molar-refractivity contribution in [1.29, 1.82) is 0 Å². The lowest BCUT2D eigenvalue weighted by Gasteiger charge is -2.12. The second-order valence-corrected chi connectivity index (χ2v) is 7.75. The van der Waals surface area contributed by atoms with Crippen molar-refractivity contribution in [3.05, 3.63) is 64.8 Å². The number of anilines is 1. The van der Waals surface area contributed by atoms with Crippen LogP contribution in [-0.2, 0) is 19.4 Å². The van der Waals surface area contributed by atoms with Gasteiger partial charge in [-0.3, -0.25) is 4.79 Å². The van der Waals surface area contributed by atoms with Gasteiger partial charge in [-0.1, -0.05) is 18.2 Å². The Morgan fingerprint density at radius 3 is 2.81 bits per heavy atom. The maximum Gasteiger partial charge on any atom is 0.251 e. The second kappa shape index (κ2) is 7.88. The monoisotopic (exact) mass is 378 g/mol. The maximum absolute atomic E-state index is 12.0. The molecule has 3 aromatic rings. The Morgan fingerprint density at radius 2 is 2.00 bits per heavy atom. The zero-order valence-electron chi connectivity index (χ0n) is 15.1. The number of aromatic nitrogens is 2. The van der Waals surface area contributed by atoms with Crippen LogP contribution < -0.4 is 10.6 Å². The van der Waals surface area contributed by atoms with E-state index in [1.807, 2.05) is 24.3 Å². The van der Waals surface area contributed by atoms with Crippen molar-refractivity contribution in [1.82, 2.24) is 15.3 Å². The third-order valence-corrected chi connectivity index (χ3v) is 6.03. The van der Waals surface area contributed by atoms with Crippen LogP contribution in [0.3, 0.4) is 0 Å². The van der Waals surface area contributed by atoms with Gasteiger partial charge in [-0.25, -0.2) is 9.97 Å². The van der Waals surface area contributed by atoms with E-state index in [0.717, 1.165) is 29.1 Å². The summed E-state index contributed by atoms with van der Waals surface area (Å²) < 4.78 is 0. The summed E-state index contributed by atoms with van der Waals surface area (Å²) in [7, 11) is 0. The van der Waals surface area contributed by atoms with Crippen molar-refractivity contribution in [2.75, 3.05) is 11.9 Å². The number of hydrogen-bond acceptors (Lipinski definition) is 5. The van der Waals surface area contributed by atoms with Crippen molar-refractivity contribution < 1.29 is 4.79 Å². The summed E-state index contributed by atoms with van der Waals surface area (Å²) in [4.78, 5) is 23.5. The number of nitrogens with one attached hydrogen (secondary N) is 2. The van der Waals surface area contributed by atoms with E-state index in [2.05, 4.69) is 27.2 Å². The van der Waals surface area contributed by atoms with Crippen molar-refractivity contribution in [2.24, 2.45) is 0 Å². The molecule has 5 nitrogen and oxygen atoms in total. The fourth-order valence-corrected chi connectivity index (χ4v) is 4.68. The molecule has 138 valence electrons. The van der Waals surface area contributed by atoms with Crippen molar-refractivity contribution in [3.63, 3.8) is 0 Å². The van der Waals surface area contributed by atoms with Gasteiger partial charge in [0.25, 0.3) is 5.91 Å². The Balaban J connectivity index is 1.50. The molecule has 0 radical (unpaired) electrons. The van der Waals surface area contributed by atoms with Crippen LogP contribution >= 0.6 is 11.3 Å². The Morgan fingerprint density at radius 1 is 1.19 bits per heavy atom. The first-order valence-electron chi connectivity index (χ1n) is 9.23. The molecule has 0 spiro atoms. The number of hydrogen-bond donors (Lipinski definition) is 2. The molecule has 0 bridgehead atoms. The van der Waals surface area contributed by atoms with E-state index in [4.69, 9.17) is 0 Å². The smallest absolute Gasteiger partial charge is 0.251 e. The SMILES string of the molecule is C=CCNC(=O)c1ccc(CNc2ncnc3sc4c(c23)CCCC4)cc1. The number of fused-ring (bicyclic) bond motifs is 3. The van der Waals surface area contributed by atoms with Gasteiger partial charge in [-0.05, 0) is 48.9 Å². The molecule has 1 amide bonds. The number of thiophene rings is 1. The highest BCUT2D eigenvalue weighted by molar-refractivity contribution is 7.19. The Labute approximate surface area is 162 Å². The topological polar surface area (TPSA) is 66.9 Å². The number of aryl methyl sites for hydroxylation is 2. The largest absolute Gasteiger partial charge is 0.365 e. The highest BCUT2D eigenvalue weighted by Crippen LogP contribution is 2.38. The molecule has 4 rings (SSSR count). The van der Waals surface area contributed by atoms with Gasteiger partial charge in [0.2, 0.25) is 0 Å². The van der Waals surface area contributed by atoms with Gasteiger partial charge < -0.3 is 10.6 Å². The van der Waals surface area contributed by atoms with Gasteiger partial charge in [0, 0.05) is 23.5 Å². The number of rotatable bonds is 6. The lowest BCUT2D eigenvalue weighted by Crippen LogP contribution is -2.23. The fourth-order valence-electron chi connectivity index (χ4n) is 3.45. The van der Waals surface area contributed by atoms with Crippen LogP contribution in [0.4, 0.5) is 5.82 Å². The molecule has 0 saturated heterocycles. The molecule has 6 heteroatoms. The molecule has 0 unspecified atom stereocenters. The van der Waals surface area contributed by atoms with Gasteiger partial charge in [0.15, 0.2) is 0 Å². The molecule has 1 aromatic carbocycles. The molecule has 0 fully saturated rings. The summed E-state index contributed by atoms with van der Waals surface area (Å²) in [6.07, 6.45) is 8.09. The highest BCUT2D eigenvalue weighted by Gasteiger charge is 2.19. The highest BCUT2D eigenvalue weighted by atomic mass is 32.1. The number of carbonyl (C=O) groups is 1. The molecule has 2 heterocycles. The van der Waals surface area contributed by atoms with Crippen molar-refractivity contribution >= 4 is 33.3 Å². The van der Waals surface area contributed by atoms with E-state index in [9.17, 15) is 4.79 Å². The molecular formula is C21H22N4OS. The van der Waals surface area contributed by atoms with Crippen LogP contribution in [0.1, 0.15) is 39.2 Å². The van der Waals surface area contributed by atoms with E-state index < -0.39 is 0 Å². The molecule has 0 atom stereocenters. The number of benzene rings is 1. The maximum atomic E-state index is 12.0. The predicted octanol–water partition coefficient (Wildman–Crippen LogP) is 4.10. The lowest BCUT2D eigenvalue weighted by molar-refractivity contribution is 0.0958. The third-order valence-electron chi connectivity index (χ3n) is 4.83. The summed E-state index contributed by atoms with van der Waals surface area (Å²) in [5, 5.41) is 7.44. The zero-order valence-corrected chi connectivity index (χ0v) is 15.9. The molecule has 2 N–H and O–H groups in total. The first kappa shape index (κ1) is 17.7. The van der Waals surface area contributed by atoms with Gasteiger partial charge in [-0.15, -0.1) is 17.9 Å². The molecule has 1 aliphatic rings. The molecule has 1 aliphatic carbocycles. The fraction of sp³-hybridized carbons (Fsp3) is 0.286. The second-order valence-electron chi connectivity index (χ2n) is 6.66. The van der Waals surface area contributed by atoms with Crippen molar-refractivity contribution in [3.8, 4) is 0 Å². The summed E-state index contributed by atoms with van der Waals surface area (Å²) in [6.45, 7) is 4.73. The number of amides is 1. The van der Waals surface area contributed by atoms with Crippen molar-refractivity contribution in [2.45, 2.75) is 32.2 Å². The number of carbonyl (C=O) groups excluding carboxylic acids is 1. The van der Waals surface area contributed by atoms with E-state index >= 15 is 0 Å². The van der Waals surface area contributed by atoms with Gasteiger partial charge in [-0.2, -0.15) is 0 Å². The van der Waals surface area contributed by atoms with E-state index in [1.165, 1.54) is 28.7 Å². The van der Waals surface area contributed by atoms with E-state index in [-0.39, 0.29) is 5.91 Å². The van der Waals surface area contributed by atoms with Crippen LogP contribution in [0.15, 0.2) is 43.2 Å². The minimum absolute atomic E-state index is 0.0863. The molecule has 27 heavy (non-hydrogen) atoms. The molecule has 2 aromatic heterocycles. The standard InChI is InChI=1S/C21H22N4OS/c1-2-11-22-20(26)15-9-7-14(8-10-15)12-23-19-18-16-5-3-4-6-17(16)27-21(18)25-13-24-19/h2,7-10,13H,1,3-6,11-12H2,(H,22,26)(H,23,24,25). The quantitative estimate of drug-likeness (QED) is 0.634. The van der Waals surface area contributed by atoms with E-state index in [0.29, 0.717) is 18.7 Å². The Bertz CT molecular complexity index is 978. The minimum Gasteiger partial charge on any atom is -0.365 e. The lowest BCUT2D eigenvalue weighted by atomic mass is 9.97. The first-order valence-corrected chi connectivity index (χ1v) is 10.0. The Hall–Kier alpha value is -2.73. The molecule has 0 saturated carbocycles. The number of nitrogens with zero attached hydrogens (tertiary/aromatic N) is 2. The average molecular weight is 379 g/mol. The van der Waals surface area contributed by atoms with Crippen LogP contribution in [-0.4, -0.2) is 22.4 Å². The summed E-state index contributed by atoms with van der Waals surface area (Å²) in [5.74, 6) is 0.823. The van der Waals surface area contributed by atoms with Gasteiger partial charge >= 0.3 is 0 Å². The zero-order chi connectivity index (χ0) is 18.6. The predicted molar refractivity (Wildman–Crippen MR) is 110 cm³/mol. The van der Waals surface area contributed by atoms with Crippen LogP contribution in [0.5, 0.6) is 0 Å². The molecular weight excluding hydrogens is 356 g/mol. The molecule has 0 aliphatic heterocycles. The average Bonchev–Trinajstić information content (AvgIpc) is 3.10. The summed E-state index contributed by atoms with van der Waals surface area (Å²) >= 11 is 1.80. The van der Waals surface area contributed by atoms with Crippen LogP contribution in [0, 0.1) is 0 Å². The van der Waals surface area contributed by atoms with Gasteiger partial charge in [0.1, 0.15) is 17.0 Å². The normalized spacial score (nSPS) is 13.2. The minimum atomic E-state index is -0.0863. The van der Waals surface area contributed by atoms with E-state index in [1.54, 1.807) is 23.7 Å². The Kier molecular flexibility index (Phi) is 5.16. The van der Waals surface area contributed by atoms with Crippen LogP contribution in [0.2, 0.25) is 0 Å². The summed E-state index contributed by atoms with van der Waals surface area (Å²) in [5.41, 5.74) is 3.18. The van der Waals surface area contributed by atoms with Crippen LogP contribution in [0.25, 0.3) is 10.2 Å².